The summed E-state index contributed by atoms with van der Waals surface area (Å²) >= 11 is 1.20. The third-order valence-corrected chi connectivity index (χ3v) is 5.77. The summed E-state index contributed by atoms with van der Waals surface area (Å²) in [6, 6.07) is 15.5. The molecule has 35 heavy (non-hydrogen) atoms. The molecule has 0 aliphatic heterocycles. The molecule has 1 amide bonds. The zero-order valence-corrected chi connectivity index (χ0v) is 19.0. The van der Waals surface area contributed by atoms with E-state index in [0.29, 0.717) is 27.6 Å². The Bertz CT molecular complexity index is 1350. The van der Waals surface area contributed by atoms with Crippen LogP contribution in [0.15, 0.2) is 72.1 Å². The average Bonchev–Trinajstić information content (AvgIpc) is 3.33. The first-order valence-corrected chi connectivity index (χ1v) is 11.1. The molecule has 1 heterocycles. The summed E-state index contributed by atoms with van der Waals surface area (Å²) in [4.78, 5) is 16.8. The number of alkyl halides is 3. The van der Waals surface area contributed by atoms with Gasteiger partial charge < -0.3 is 14.8 Å². The summed E-state index contributed by atoms with van der Waals surface area (Å²) in [5, 5.41) is 4.46. The fraction of sp³-hybridized carbons (Fsp3) is 0.120. The van der Waals surface area contributed by atoms with E-state index in [1.54, 1.807) is 30.3 Å². The third kappa shape index (κ3) is 5.96. The molecule has 5 nitrogen and oxygen atoms in total. The Morgan fingerprint density at radius 3 is 2.57 bits per heavy atom. The number of aromatic nitrogens is 1. The maximum absolute atomic E-state index is 13.4. The van der Waals surface area contributed by atoms with Gasteiger partial charge in [0.15, 0.2) is 11.5 Å². The van der Waals surface area contributed by atoms with E-state index in [0.717, 1.165) is 12.1 Å². The molecule has 0 atom stereocenters. The predicted molar refractivity (Wildman–Crippen MR) is 124 cm³/mol. The molecule has 0 aliphatic rings. The number of carbonyl (C=O) groups is 1. The van der Waals surface area contributed by atoms with Crippen LogP contribution >= 0.6 is 11.3 Å². The number of nitrogens with one attached hydrogen (secondary N) is 1. The molecule has 1 N–H and O–H groups in total. The lowest BCUT2D eigenvalue weighted by Gasteiger charge is -2.12. The van der Waals surface area contributed by atoms with E-state index in [1.165, 1.54) is 48.1 Å². The zero-order chi connectivity index (χ0) is 25.0. The molecule has 0 saturated heterocycles. The Hall–Kier alpha value is -3.92. The molecular formula is C25H18F4N2O3S. The standard InChI is InChI=1S/C25H18F4N2O3S/c1-33-22-11-16(8-9-21(22)34-13-15-4-2-6-18(26)10-15)24-31-20(14-35-24)23(32)30-19-7-3-5-17(12-19)25(27,28)29/h2-12,14H,13H2,1H3,(H,30,32). The molecule has 0 fully saturated rings. The monoisotopic (exact) mass is 502 g/mol. The molecule has 0 saturated carbocycles. The lowest BCUT2D eigenvalue weighted by Crippen LogP contribution is -2.13. The molecule has 1 aromatic heterocycles. The van der Waals surface area contributed by atoms with Gasteiger partial charge in [-0.05, 0) is 54.1 Å². The molecule has 0 bridgehead atoms. The number of thiazole rings is 1. The van der Waals surface area contributed by atoms with Gasteiger partial charge in [-0.1, -0.05) is 18.2 Å². The second kappa shape index (κ2) is 10.1. The molecule has 0 spiro atoms. The van der Waals surface area contributed by atoms with Crippen LogP contribution in [0, 0.1) is 5.82 Å². The van der Waals surface area contributed by atoms with Crippen LogP contribution in [0.2, 0.25) is 0 Å². The first-order valence-electron chi connectivity index (χ1n) is 10.2. The van der Waals surface area contributed by atoms with E-state index in [9.17, 15) is 22.4 Å². The highest BCUT2D eigenvalue weighted by molar-refractivity contribution is 7.13. The van der Waals surface area contributed by atoms with Gasteiger partial charge in [0.25, 0.3) is 5.91 Å². The van der Waals surface area contributed by atoms with E-state index >= 15 is 0 Å². The zero-order valence-electron chi connectivity index (χ0n) is 18.2. The lowest BCUT2D eigenvalue weighted by atomic mass is 10.2. The highest BCUT2D eigenvalue weighted by Gasteiger charge is 2.30. The minimum atomic E-state index is -4.51. The van der Waals surface area contributed by atoms with Crippen molar-refractivity contribution in [2.24, 2.45) is 0 Å². The van der Waals surface area contributed by atoms with Gasteiger partial charge in [-0.2, -0.15) is 13.2 Å². The predicted octanol–water partition coefficient (Wildman–Crippen LogP) is 6.81. The number of amides is 1. The first kappa shape index (κ1) is 24.2. The fourth-order valence-electron chi connectivity index (χ4n) is 3.19. The van der Waals surface area contributed by atoms with Gasteiger partial charge in [0.05, 0.1) is 12.7 Å². The molecule has 4 aromatic rings. The molecule has 0 aliphatic carbocycles. The van der Waals surface area contributed by atoms with Crippen LogP contribution in [0.1, 0.15) is 21.6 Å². The van der Waals surface area contributed by atoms with Crippen molar-refractivity contribution < 1.29 is 31.8 Å². The third-order valence-electron chi connectivity index (χ3n) is 4.88. The average molecular weight is 502 g/mol. The normalized spacial score (nSPS) is 11.2. The molecule has 180 valence electrons. The molecule has 4 rings (SSSR count). The summed E-state index contributed by atoms with van der Waals surface area (Å²) in [5.74, 6) is -0.123. The summed E-state index contributed by atoms with van der Waals surface area (Å²) < 4.78 is 63.2. The van der Waals surface area contributed by atoms with E-state index in [4.69, 9.17) is 9.47 Å². The van der Waals surface area contributed by atoms with E-state index < -0.39 is 17.6 Å². The van der Waals surface area contributed by atoms with Crippen LogP contribution in [0.3, 0.4) is 0 Å². The number of nitrogens with zero attached hydrogens (tertiary/aromatic N) is 1. The van der Waals surface area contributed by atoms with Gasteiger partial charge in [0.1, 0.15) is 23.1 Å². The summed E-state index contributed by atoms with van der Waals surface area (Å²) in [6.45, 7) is 0.143. The van der Waals surface area contributed by atoms with E-state index in [2.05, 4.69) is 10.3 Å². The van der Waals surface area contributed by atoms with Gasteiger partial charge in [-0.3, -0.25) is 4.79 Å². The number of anilines is 1. The van der Waals surface area contributed by atoms with Crippen LogP contribution < -0.4 is 14.8 Å². The van der Waals surface area contributed by atoms with Gasteiger partial charge in [0.2, 0.25) is 0 Å². The summed E-state index contributed by atoms with van der Waals surface area (Å²) in [5.41, 5.74) is 0.533. The van der Waals surface area contributed by atoms with E-state index in [1.807, 2.05) is 0 Å². The van der Waals surface area contributed by atoms with Crippen molar-refractivity contribution in [3.63, 3.8) is 0 Å². The van der Waals surface area contributed by atoms with Crippen LogP contribution in [-0.2, 0) is 12.8 Å². The topological polar surface area (TPSA) is 60.5 Å². The van der Waals surface area contributed by atoms with Crippen molar-refractivity contribution in [1.82, 2.24) is 4.98 Å². The van der Waals surface area contributed by atoms with Crippen molar-refractivity contribution in [2.75, 3.05) is 12.4 Å². The quantitative estimate of drug-likeness (QED) is 0.282. The number of hydrogen-bond donors (Lipinski definition) is 1. The minimum Gasteiger partial charge on any atom is -0.493 e. The number of hydrogen-bond acceptors (Lipinski definition) is 5. The highest BCUT2D eigenvalue weighted by Crippen LogP contribution is 2.35. The van der Waals surface area contributed by atoms with Crippen LogP contribution in [0.25, 0.3) is 10.6 Å². The highest BCUT2D eigenvalue weighted by atomic mass is 32.1. The fourth-order valence-corrected chi connectivity index (χ4v) is 3.98. The second-order valence-electron chi connectivity index (χ2n) is 7.35. The van der Waals surface area contributed by atoms with Gasteiger partial charge in [-0.25, -0.2) is 9.37 Å². The molecule has 10 heteroatoms. The first-order chi connectivity index (χ1) is 16.7. The molecule has 0 radical (unpaired) electrons. The SMILES string of the molecule is COc1cc(-c2nc(C(=O)Nc3cccc(C(F)(F)F)c3)cs2)ccc1OCc1cccc(F)c1. The number of methoxy groups -OCH3 is 1. The van der Waals surface area contributed by atoms with Crippen molar-refractivity contribution >= 4 is 22.9 Å². The van der Waals surface area contributed by atoms with Crippen LogP contribution in [0.5, 0.6) is 11.5 Å². The Kier molecular flexibility index (Phi) is 7.02. The minimum absolute atomic E-state index is 0.0147. The maximum Gasteiger partial charge on any atom is 0.416 e. The Balaban J connectivity index is 1.47. The molecule has 0 unspecified atom stereocenters. The smallest absolute Gasteiger partial charge is 0.416 e. The number of carbonyl (C=O) groups excluding carboxylic acids is 1. The number of benzene rings is 3. The van der Waals surface area contributed by atoms with Crippen molar-refractivity contribution in [3.8, 4) is 22.1 Å². The summed E-state index contributed by atoms with van der Waals surface area (Å²) in [6.07, 6.45) is -4.51. The molecular weight excluding hydrogens is 484 g/mol. The van der Waals surface area contributed by atoms with Crippen LogP contribution in [0.4, 0.5) is 23.2 Å². The van der Waals surface area contributed by atoms with Crippen molar-refractivity contribution in [1.29, 1.82) is 0 Å². The largest absolute Gasteiger partial charge is 0.493 e. The Labute approximate surface area is 202 Å². The van der Waals surface area contributed by atoms with Crippen molar-refractivity contribution in [2.45, 2.75) is 12.8 Å². The Morgan fingerprint density at radius 2 is 1.83 bits per heavy atom. The maximum atomic E-state index is 13.4. The number of rotatable bonds is 7. The van der Waals surface area contributed by atoms with Gasteiger partial charge >= 0.3 is 6.18 Å². The van der Waals surface area contributed by atoms with Crippen LogP contribution in [-0.4, -0.2) is 18.0 Å². The second-order valence-corrected chi connectivity index (χ2v) is 8.21. The lowest BCUT2D eigenvalue weighted by molar-refractivity contribution is -0.137. The van der Waals surface area contributed by atoms with Gasteiger partial charge in [-0.15, -0.1) is 11.3 Å². The van der Waals surface area contributed by atoms with E-state index in [-0.39, 0.29) is 23.8 Å². The summed E-state index contributed by atoms with van der Waals surface area (Å²) in [7, 11) is 1.48. The number of halogens is 4. The van der Waals surface area contributed by atoms with Crippen molar-refractivity contribution in [3.05, 3.63) is 94.7 Å². The number of ether oxygens (including phenoxy) is 2. The van der Waals surface area contributed by atoms with Gasteiger partial charge in [0, 0.05) is 16.6 Å². The molecule has 3 aromatic carbocycles. The Morgan fingerprint density at radius 1 is 1.03 bits per heavy atom.